The molecule has 0 unspecified atom stereocenters. The Morgan fingerprint density at radius 2 is 1.75 bits per heavy atom. The highest BCUT2D eigenvalue weighted by Gasteiger charge is 2.22. The molecule has 0 fully saturated rings. The molecule has 6 heteroatoms. The van der Waals surface area contributed by atoms with Gasteiger partial charge in [0.15, 0.2) is 6.61 Å². The first-order chi connectivity index (χ1) is 13.7. The summed E-state index contributed by atoms with van der Waals surface area (Å²) in [6, 6.07) is 18.0. The van der Waals surface area contributed by atoms with Gasteiger partial charge in [-0.3, -0.25) is 9.48 Å². The number of hydrogen-bond donors (Lipinski definition) is 0. The average molecular weight is 375 g/mol. The van der Waals surface area contributed by atoms with Gasteiger partial charge in [0.05, 0.1) is 18.3 Å². The summed E-state index contributed by atoms with van der Waals surface area (Å²) in [6.45, 7) is 1.51. The molecule has 0 saturated carbocycles. The highest BCUT2D eigenvalue weighted by molar-refractivity contribution is 5.90. The summed E-state index contributed by atoms with van der Waals surface area (Å²) in [4.78, 5) is 26.4. The van der Waals surface area contributed by atoms with E-state index in [4.69, 9.17) is 4.74 Å². The topological polar surface area (TPSA) is 64.4 Å². The predicted molar refractivity (Wildman–Crippen MR) is 104 cm³/mol. The molecule has 1 aliphatic rings. The third-order valence-corrected chi connectivity index (χ3v) is 4.87. The number of aromatic nitrogens is 2. The van der Waals surface area contributed by atoms with Gasteiger partial charge >= 0.3 is 5.97 Å². The van der Waals surface area contributed by atoms with Crippen LogP contribution in [0, 0.1) is 0 Å². The Balaban J connectivity index is 1.30. The summed E-state index contributed by atoms with van der Waals surface area (Å²) < 4.78 is 6.89. The first kappa shape index (κ1) is 18.0. The van der Waals surface area contributed by atoms with Crippen molar-refractivity contribution in [2.45, 2.75) is 19.5 Å². The molecule has 0 radical (unpaired) electrons. The molecule has 2 aromatic carbocycles. The van der Waals surface area contributed by atoms with Crippen LogP contribution >= 0.6 is 0 Å². The van der Waals surface area contributed by atoms with Crippen molar-refractivity contribution in [3.63, 3.8) is 0 Å². The normalized spacial score (nSPS) is 13.1. The second-order valence-corrected chi connectivity index (χ2v) is 6.82. The molecule has 3 aromatic rings. The number of hydrogen-bond acceptors (Lipinski definition) is 4. The van der Waals surface area contributed by atoms with Crippen LogP contribution in [-0.4, -0.2) is 39.7 Å². The van der Waals surface area contributed by atoms with Crippen molar-refractivity contribution >= 4 is 11.9 Å². The maximum atomic E-state index is 12.4. The quantitative estimate of drug-likeness (QED) is 0.643. The molecule has 142 valence electrons. The number of carbonyl (C=O) groups excluding carboxylic acids is 2. The number of esters is 1. The van der Waals surface area contributed by atoms with Gasteiger partial charge in [0.2, 0.25) is 0 Å². The number of carbonyl (C=O) groups is 2. The summed E-state index contributed by atoms with van der Waals surface area (Å²) in [6.07, 6.45) is 3.92. The van der Waals surface area contributed by atoms with Crippen LogP contribution < -0.4 is 0 Å². The van der Waals surface area contributed by atoms with Gasteiger partial charge in [-0.1, -0.05) is 54.6 Å². The first-order valence-corrected chi connectivity index (χ1v) is 9.27. The minimum Gasteiger partial charge on any atom is -0.452 e. The van der Waals surface area contributed by atoms with Gasteiger partial charge in [-0.15, -0.1) is 0 Å². The Kier molecular flexibility index (Phi) is 5.19. The number of amides is 1. The van der Waals surface area contributed by atoms with Gasteiger partial charge in [-0.05, 0) is 23.1 Å². The van der Waals surface area contributed by atoms with E-state index < -0.39 is 5.97 Å². The van der Waals surface area contributed by atoms with E-state index in [1.165, 1.54) is 11.8 Å². The van der Waals surface area contributed by atoms with Crippen molar-refractivity contribution in [2.24, 2.45) is 0 Å². The zero-order chi connectivity index (χ0) is 19.3. The maximum Gasteiger partial charge on any atom is 0.341 e. The highest BCUT2D eigenvalue weighted by atomic mass is 16.5. The summed E-state index contributed by atoms with van der Waals surface area (Å²) in [7, 11) is 0. The second-order valence-electron chi connectivity index (χ2n) is 6.82. The fourth-order valence-electron chi connectivity index (χ4n) is 3.34. The van der Waals surface area contributed by atoms with Gasteiger partial charge in [0.25, 0.3) is 5.91 Å². The number of nitrogens with zero attached hydrogens (tertiary/aromatic N) is 3. The van der Waals surface area contributed by atoms with Crippen LogP contribution in [0.2, 0.25) is 0 Å². The van der Waals surface area contributed by atoms with Gasteiger partial charge in [-0.2, -0.15) is 5.10 Å². The Labute approximate surface area is 163 Å². The molecule has 0 atom stereocenters. The van der Waals surface area contributed by atoms with Crippen molar-refractivity contribution in [2.75, 3.05) is 13.2 Å². The molecular formula is C22H21N3O3. The Hall–Kier alpha value is -3.41. The SMILES string of the molecule is O=C(OCC(=O)N1CCc2ccccc2C1)c1cnn(Cc2ccccc2)c1. The van der Waals surface area contributed by atoms with E-state index in [0.717, 1.165) is 17.5 Å². The molecule has 4 rings (SSSR count). The lowest BCUT2D eigenvalue weighted by Gasteiger charge is -2.28. The second kappa shape index (κ2) is 8.08. The Morgan fingerprint density at radius 3 is 2.57 bits per heavy atom. The molecule has 1 aliphatic heterocycles. The molecule has 0 saturated heterocycles. The van der Waals surface area contributed by atoms with Crippen molar-refractivity contribution in [1.82, 2.24) is 14.7 Å². The number of fused-ring (bicyclic) bond motifs is 1. The molecule has 0 N–H and O–H groups in total. The number of benzene rings is 2. The third kappa shape index (κ3) is 4.11. The minimum atomic E-state index is -0.537. The summed E-state index contributed by atoms with van der Waals surface area (Å²) >= 11 is 0. The van der Waals surface area contributed by atoms with Gasteiger partial charge in [0.1, 0.15) is 0 Å². The first-order valence-electron chi connectivity index (χ1n) is 9.27. The van der Waals surface area contributed by atoms with Crippen LogP contribution in [0.1, 0.15) is 27.0 Å². The van der Waals surface area contributed by atoms with Gasteiger partial charge in [0, 0.05) is 19.3 Å². The van der Waals surface area contributed by atoms with Crippen LogP contribution in [0.5, 0.6) is 0 Å². The Morgan fingerprint density at radius 1 is 1.00 bits per heavy atom. The third-order valence-electron chi connectivity index (χ3n) is 4.87. The average Bonchev–Trinajstić information content (AvgIpc) is 3.20. The van der Waals surface area contributed by atoms with Gasteiger partial charge in [-0.25, -0.2) is 4.79 Å². The molecule has 0 aliphatic carbocycles. The lowest BCUT2D eigenvalue weighted by atomic mass is 10.00. The van der Waals surface area contributed by atoms with Crippen molar-refractivity contribution < 1.29 is 14.3 Å². The van der Waals surface area contributed by atoms with Crippen LogP contribution in [0.4, 0.5) is 0 Å². The lowest BCUT2D eigenvalue weighted by molar-refractivity contribution is -0.135. The molecular weight excluding hydrogens is 354 g/mol. The van der Waals surface area contributed by atoms with Crippen molar-refractivity contribution in [3.8, 4) is 0 Å². The largest absolute Gasteiger partial charge is 0.452 e. The van der Waals surface area contributed by atoms with E-state index in [2.05, 4.69) is 11.2 Å². The minimum absolute atomic E-state index is 0.181. The molecule has 1 amide bonds. The standard InChI is InChI=1S/C22H21N3O3/c26-21(24-11-10-18-8-4-5-9-19(18)14-24)16-28-22(27)20-12-23-25(15-20)13-17-6-2-1-3-7-17/h1-9,12,15H,10-11,13-14,16H2. The zero-order valence-electron chi connectivity index (χ0n) is 15.5. The van der Waals surface area contributed by atoms with E-state index in [1.54, 1.807) is 15.8 Å². The highest BCUT2D eigenvalue weighted by Crippen LogP contribution is 2.18. The fraction of sp³-hybridized carbons (Fsp3) is 0.227. The lowest BCUT2D eigenvalue weighted by Crippen LogP contribution is -2.38. The predicted octanol–water partition coefficient (Wildman–Crippen LogP) is 2.67. The van der Waals surface area contributed by atoms with E-state index in [0.29, 0.717) is 25.2 Å². The van der Waals surface area contributed by atoms with E-state index in [9.17, 15) is 9.59 Å². The molecule has 6 nitrogen and oxygen atoms in total. The van der Waals surface area contributed by atoms with Crippen LogP contribution in [0.15, 0.2) is 67.0 Å². The van der Waals surface area contributed by atoms with Crippen molar-refractivity contribution in [3.05, 3.63) is 89.2 Å². The van der Waals surface area contributed by atoms with E-state index in [-0.39, 0.29) is 12.5 Å². The Bertz CT molecular complexity index is 981. The molecule has 0 spiro atoms. The van der Waals surface area contributed by atoms with Crippen LogP contribution in [0.25, 0.3) is 0 Å². The van der Waals surface area contributed by atoms with Crippen LogP contribution in [-0.2, 0) is 29.0 Å². The number of ether oxygens (including phenoxy) is 1. The number of rotatable bonds is 5. The molecule has 0 bridgehead atoms. The monoisotopic (exact) mass is 375 g/mol. The summed E-state index contributed by atoms with van der Waals surface area (Å²) in [5, 5.41) is 4.20. The van der Waals surface area contributed by atoms with E-state index >= 15 is 0 Å². The molecule has 2 heterocycles. The molecule has 28 heavy (non-hydrogen) atoms. The summed E-state index contributed by atoms with van der Waals surface area (Å²) in [5.41, 5.74) is 3.85. The fourth-order valence-corrected chi connectivity index (χ4v) is 3.34. The van der Waals surface area contributed by atoms with Gasteiger partial charge < -0.3 is 9.64 Å². The summed E-state index contributed by atoms with van der Waals surface area (Å²) in [5.74, 6) is -0.718. The van der Waals surface area contributed by atoms with Crippen LogP contribution in [0.3, 0.4) is 0 Å². The molecule has 1 aromatic heterocycles. The smallest absolute Gasteiger partial charge is 0.341 e. The zero-order valence-corrected chi connectivity index (χ0v) is 15.5. The maximum absolute atomic E-state index is 12.4. The van der Waals surface area contributed by atoms with E-state index in [1.807, 2.05) is 48.5 Å². The van der Waals surface area contributed by atoms with Crippen molar-refractivity contribution in [1.29, 1.82) is 0 Å².